The molecule has 4 nitrogen and oxygen atoms in total. The zero-order chi connectivity index (χ0) is 14.5. The molecule has 4 heteroatoms. The van der Waals surface area contributed by atoms with E-state index < -0.39 is 0 Å². The number of nitrogens with one attached hydrogen (secondary N) is 1. The van der Waals surface area contributed by atoms with Gasteiger partial charge in [0.25, 0.3) is 0 Å². The van der Waals surface area contributed by atoms with Gasteiger partial charge in [-0.2, -0.15) is 4.98 Å². The SMILES string of the molecule is CCN(CC)c1ccnc(Nc2ccc(C)cc2C)n1. The fourth-order valence-corrected chi connectivity index (χ4v) is 2.21. The van der Waals surface area contributed by atoms with Crippen molar-refractivity contribution in [2.24, 2.45) is 0 Å². The fraction of sp³-hybridized carbons (Fsp3) is 0.375. The minimum atomic E-state index is 0.640. The average Bonchev–Trinajstić information content (AvgIpc) is 2.44. The monoisotopic (exact) mass is 270 g/mol. The number of benzene rings is 1. The Hall–Kier alpha value is -2.10. The second kappa shape index (κ2) is 6.37. The molecule has 1 heterocycles. The number of nitrogens with zero attached hydrogens (tertiary/aromatic N) is 3. The van der Waals surface area contributed by atoms with Crippen LogP contribution in [0.5, 0.6) is 0 Å². The van der Waals surface area contributed by atoms with Gasteiger partial charge in [0.1, 0.15) is 5.82 Å². The first-order chi connectivity index (χ1) is 9.63. The Balaban J connectivity index is 2.23. The number of rotatable bonds is 5. The van der Waals surface area contributed by atoms with Gasteiger partial charge in [0.15, 0.2) is 0 Å². The molecule has 0 aliphatic carbocycles. The summed E-state index contributed by atoms with van der Waals surface area (Å²) >= 11 is 0. The topological polar surface area (TPSA) is 41.1 Å². The second-order valence-electron chi connectivity index (χ2n) is 4.85. The third kappa shape index (κ3) is 3.26. The molecule has 1 aromatic heterocycles. The summed E-state index contributed by atoms with van der Waals surface area (Å²) in [6.45, 7) is 10.3. The van der Waals surface area contributed by atoms with Gasteiger partial charge in [-0.05, 0) is 45.4 Å². The molecule has 0 saturated heterocycles. The van der Waals surface area contributed by atoms with E-state index in [0.717, 1.165) is 24.6 Å². The van der Waals surface area contributed by atoms with Crippen molar-refractivity contribution in [2.45, 2.75) is 27.7 Å². The number of aromatic nitrogens is 2. The fourth-order valence-electron chi connectivity index (χ4n) is 2.21. The van der Waals surface area contributed by atoms with E-state index in [1.165, 1.54) is 11.1 Å². The van der Waals surface area contributed by atoms with Crippen LogP contribution in [0.1, 0.15) is 25.0 Å². The highest BCUT2D eigenvalue weighted by Crippen LogP contribution is 2.20. The van der Waals surface area contributed by atoms with E-state index in [1.54, 1.807) is 6.20 Å². The number of hydrogen-bond acceptors (Lipinski definition) is 4. The molecule has 2 aromatic rings. The Morgan fingerprint density at radius 1 is 1.10 bits per heavy atom. The van der Waals surface area contributed by atoms with Gasteiger partial charge in [-0.25, -0.2) is 4.98 Å². The van der Waals surface area contributed by atoms with Crippen molar-refractivity contribution in [1.82, 2.24) is 9.97 Å². The molecule has 0 aliphatic rings. The normalized spacial score (nSPS) is 10.4. The van der Waals surface area contributed by atoms with Crippen LogP contribution in [0.4, 0.5) is 17.5 Å². The summed E-state index contributed by atoms with van der Waals surface area (Å²) in [5.74, 6) is 1.60. The molecule has 106 valence electrons. The molecular weight excluding hydrogens is 248 g/mol. The van der Waals surface area contributed by atoms with E-state index in [1.807, 2.05) is 6.07 Å². The van der Waals surface area contributed by atoms with Gasteiger partial charge in [-0.1, -0.05) is 17.7 Å². The van der Waals surface area contributed by atoms with Gasteiger partial charge >= 0.3 is 0 Å². The van der Waals surface area contributed by atoms with Gasteiger partial charge in [0.2, 0.25) is 5.95 Å². The minimum Gasteiger partial charge on any atom is -0.357 e. The molecule has 1 N–H and O–H groups in total. The summed E-state index contributed by atoms with van der Waals surface area (Å²) in [6.07, 6.45) is 1.80. The van der Waals surface area contributed by atoms with Crippen LogP contribution >= 0.6 is 0 Å². The van der Waals surface area contributed by atoms with Crippen LogP contribution in [0, 0.1) is 13.8 Å². The van der Waals surface area contributed by atoms with Crippen LogP contribution in [0.15, 0.2) is 30.5 Å². The molecular formula is C16H22N4. The number of hydrogen-bond donors (Lipinski definition) is 1. The summed E-state index contributed by atoms with van der Waals surface area (Å²) in [7, 11) is 0. The standard InChI is InChI=1S/C16H22N4/c1-5-20(6-2)15-9-10-17-16(19-15)18-14-8-7-12(3)11-13(14)4/h7-11H,5-6H2,1-4H3,(H,17,18,19). The average molecular weight is 270 g/mol. The van der Waals surface area contributed by atoms with Gasteiger partial charge < -0.3 is 10.2 Å². The zero-order valence-electron chi connectivity index (χ0n) is 12.6. The van der Waals surface area contributed by atoms with E-state index >= 15 is 0 Å². The molecule has 0 spiro atoms. The van der Waals surface area contributed by atoms with Crippen molar-refractivity contribution in [1.29, 1.82) is 0 Å². The number of anilines is 3. The highest BCUT2D eigenvalue weighted by molar-refractivity contribution is 5.59. The maximum Gasteiger partial charge on any atom is 0.229 e. The molecule has 0 unspecified atom stereocenters. The summed E-state index contributed by atoms with van der Waals surface area (Å²) in [5, 5.41) is 3.29. The van der Waals surface area contributed by atoms with E-state index in [2.05, 4.69) is 66.1 Å². The molecule has 0 amide bonds. The molecule has 0 atom stereocenters. The van der Waals surface area contributed by atoms with Crippen molar-refractivity contribution in [3.63, 3.8) is 0 Å². The molecule has 0 bridgehead atoms. The largest absolute Gasteiger partial charge is 0.357 e. The summed E-state index contributed by atoms with van der Waals surface area (Å²) in [5.41, 5.74) is 3.50. The highest BCUT2D eigenvalue weighted by atomic mass is 15.2. The molecule has 1 aromatic carbocycles. The van der Waals surface area contributed by atoms with Crippen LogP contribution in [0.25, 0.3) is 0 Å². The van der Waals surface area contributed by atoms with Crippen LogP contribution in [-0.2, 0) is 0 Å². The predicted molar refractivity (Wildman–Crippen MR) is 84.8 cm³/mol. The predicted octanol–water partition coefficient (Wildman–Crippen LogP) is 3.68. The van der Waals surface area contributed by atoms with Crippen LogP contribution < -0.4 is 10.2 Å². The van der Waals surface area contributed by atoms with E-state index in [9.17, 15) is 0 Å². The van der Waals surface area contributed by atoms with Crippen LogP contribution in [0.3, 0.4) is 0 Å². The smallest absolute Gasteiger partial charge is 0.229 e. The van der Waals surface area contributed by atoms with Crippen molar-refractivity contribution in [3.05, 3.63) is 41.6 Å². The summed E-state index contributed by atoms with van der Waals surface area (Å²) in [6, 6.07) is 8.25. The number of aryl methyl sites for hydroxylation is 2. The van der Waals surface area contributed by atoms with Crippen molar-refractivity contribution in [2.75, 3.05) is 23.3 Å². The first-order valence-corrected chi connectivity index (χ1v) is 7.06. The van der Waals surface area contributed by atoms with Gasteiger partial charge in [0, 0.05) is 25.0 Å². The summed E-state index contributed by atoms with van der Waals surface area (Å²) < 4.78 is 0. The molecule has 0 saturated carbocycles. The molecule has 2 rings (SSSR count). The quantitative estimate of drug-likeness (QED) is 0.899. The first kappa shape index (κ1) is 14.3. The lowest BCUT2D eigenvalue weighted by Gasteiger charge is -2.20. The Morgan fingerprint density at radius 3 is 2.50 bits per heavy atom. The van der Waals surface area contributed by atoms with E-state index in [-0.39, 0.29) is 0 Å². The third-order valence-corrected chi connectivity index (χ3v) is 3.36. The Labute approximate surface area is 120 Å². The maximum atomic E-state index is 4.58. The van der Waals surface area contributed by atoms with Crippen molar-refractivity contribution < 1.29 is 0 Å². The Kier molecular flexibility index (Phi) is 4.56. The molecule has 20 heavy (non-hydrogen) atoms. The third-order valence-electron chi connectivity index (χ3n) is 3.36. The van der Waals surface area contributed by atoms with Crippen molar-refractivity contribution in [3.8, 4) is 0 Å². The lowest BCUT2D eigenvalue weighted by Crippen LogP contribution is -2.23. The van der Waals surface area contributed by atoms with E-state index in [4.69, 9.17) is 0 Å². The molecule has 0 fully saturated rings. The maximum absolute atomic E-state index is 4.58. The lowest BCUT2D eigenvalue weighted by molar-refractivity contribution is 0.843. The Bertz CT molecular complexity index is 576. The molecule has 0 radical (unpaired) electrons. The Morgan fingerprint density at radius 2 is 1.85 bits per heavy atom. The van der Waals surface area contributed by atoms with Crippen LogP contribution in [-0.4, -0.2) is 23.1 Å². The van der Waals surface area contributed by atoms with Crippen molar-refractivity contribution >= 4 is 17.5 Å². The minimum absolute atomic E-state index is 0.640. The molecule has 0 aliphatic heterocycles. The van der Waals surface area contributed by atoms with Crippen LogP contribution in [0.2, 0.25) is 0 Å². The summed E-state index contributed by atoms with van der Waals surface area (Å²) in [4.78, 5) is 11.1. The second-order valence-corrected chi connectivity index (χ2v) is 4.85. The van der Waals surface area contributed by atoms with Gasteiger partial charge in [-0.15, -0.1) is 0 Å². The van der Waals surface area contributed by atoms with E-state index in [0.29, 0.717) is 5.95 Å². The first-order valence-electron chi connectivity index (χ1n) is 7.06. The van der Waals surface area contributed by atoms with Gasteiger partial charge in [-0.3, -0.25) is 0 Å². The highest BCUT2D eigenvalue weighted by Gasteiger charge is 2.06. The van der Waals surface area contributed by atoms with Gasteiger partial charge in [0.05, 0.1) is 0 Å². The lowest BCUT2D eigenvalue weighted by atomic mass is 10.1. The zero-order valence-corrected chi connectivity index (χ0v) is 12.6.